The van der Waals surface area contributed by atoms with Crippen molar-refractivity contribution in [2.75, 3.05) is 41.4 Å². The number of ether oxygens (including phenoxy) is 2. The van der Waals surface area contributed by atoms with Crippen molar-refractivity contribution >= 4 is 0 Å². The number of benzene rings is 1. The smallest absolute Gasteiger partial charge is 0.127 e. The summed E-state index contributed by atoms with van der Waals surface area (Å²) in [6.45, 7) is 7.51. The molecule has 1 atom stereocenters. The molecule has 4 heteroatoms. The van der Waals surface area contributed by atoms with E-state index in [2.05, 4.69) is 43.8 Å². The van der Waals surface area contributed by atoms with Gasteiger partial charge >= 0.3 is 0 Å². The molecule has 0 amide bonds. The van der Waals surface area contributed by atoms with Gasteiger partial charge in [-0.25, -0.2) is 0 Å². The highest BCUT2D eigenvalue weighted by atomic mass is 16.5. The number of hydrogen-bond acceptors (Lipinski definition) is 4. The highest BCUT2D eigenvalue weighted by Gasteiger charge is 2.31. The summed E-state index contributed by atoms with van der Waals surface area (Å²) in [6.07, 6.45) is 2.12. The van der Waals surface area contributed by atoms with E-state index in [1.807, 2.05) is 0 Å². The molecule has 2 rings (SSSR count). The lowest BCUT2D eigenvalue weighted by Crippen LogP contribution is -2.35. The molecule has 0 bridgehead atoms. The number of hydrogen-bond donors (Lipinski definition) is 0. The van der Waals surface area contributed by atoms with Crippen molar-refractivity contribution in [1.29, 1.82) is 0 Å². The van der Waals surface area contributed by atoms with Crippen LogP contribution >= 0.6 is 0 Å². The first kappa shape index (κ1) is 17.1. The third-order valence-corrected chi connectivity index (χ3v) is 4.59. The summed E-state index contributed by atoms with van der Waals surface area (Å²) in [6, 6.07) is 2.59. The predicted octanol–water partition coefficient (Wildman–Crippen LogP) is 3.09. The Morgan fingerprint density at radius 3 is 2.45 bits per heavy atom. The van der Waals surface area contributed by atoms with E-state index in [4.69, 9.17) is 9.47 Å². The van der Waals surface area contributed by atoms with Gasteiger partial charge in [-0.3, -0.25) is 4.90 Å². The first-order valence-electron chi connectivity index (χ1n) is 8.22. The van der Waals surface area contributed by atoms with Gasteiger partial charge in [-0.2, -0.15) is 0 Å². The number of nitrogens with zero attached hydrogens (tertiary/aromatic N) is 2. The minimum absolute atomic E-state index is 0.422. The minimum atomic E-state index is 0.422. The Kier molecular flexibility index (Phi) is 5.70. The highest BCUT2D eigenvalue weighted by molar-refractivity contribution is 5.56. The van der Waals surface area contributed by atoms with Crippen molar-refractivity contribution in [3.05, 3.63) is 22.8 Å². The van der Waals surface area contributed by atoms with Gasteiger partial charge in [0.2, 0.25) is 0 Å². The molecule has 4 nitrogen and oxygen atoms in total. The summed E-state index contributed by atoms with van der Waals surface area (Å²) in [5.41, 5.74) is 3.88. The standard InChI is InChI=1S/C18H30N2O2/c1-7-15-17-14(9-10-20(15)8-2)18(22-6)13(12-19(3)4)11-16(17)21-5/h11,15H,7-10,12H2,1-6H3. The molecule has 1 aliphatic heterocycles. The van der Waals surface area contributed by atoms with Crippen LogP contribution in [0.15, 0.2) is 6.07 Å². The molecule has 0 spiro atoms. The van der Waals surface area contributed by atoms with E-state index in [1.54, 1.807) is 14.2 Å². The third-order valence-electron chi connectivity index (χ3n) is 4.59. The van der Waals surface area contributed by atoms with Gasteiger partial charge in [0.1, 0.15) is 11.5 Å². The second-order valence-corrected chi connectivity index (χ2v) is 6.20. The molecule has 1 aromatic carbocycles. The van der Waals surface area contributed by atoms with E-state index >= 15 is 0 Å². The van der Waals surface area contributed by atoms with E-state index in [-0.39, 0.29) is 0 Å². The Balaban J connectivity index is 2.60. The van der Waals surface area contributed by atoms with Gasteiger partial charge in [0.25, 0.3) is 0 Å². The van der Waals surface area contributed by atoms with Crippen LogP contribution in [0.4, 0.5) is 0 Å². The molecule has 124 valence electrons. The average Bonchev–Trinajstić information content (AvgIpc) is 2.52. The van der Waals surface area contributed by atoms with Crippen LogP contribution in [-0.2, 0) is 13.0 Å². The zero-order valence-electron chi connectivity index (χ0n) is 14.9. The third kappa shape index (κ3) is 3.08. The lowest BCUT2D eigenvalue weighted by Gasteiger charge is -2.38. The highest BCUT2D eigenvalue weighted by Crippen LogP contribution is 2.44. The van der Waals surface area contributed by atoms with Crippen molar-refractivity contribution in [2.24, 2.45) is 0 Å². The molecule has 0 aromatic heterocycles. The maximum Gasteiger partial charge on any atom is 0.127 e. The van der Waals surface area contributed by atoms with Gasteiger partial charge in [-0.05, 0) is 39.5 Å². The second kappa shape index (κ2) is 7.34. The Morgan fingerprint density at radius 2 is 1.95 bits per heavy atom. The zero-order chi connectivity index (χ0) is 16.3. The van der Waals surface area contributed by atoms with E-state index in [1.165, 1.54) is 16.7 Å². The first-order valence-corrected chi connectivity index (χ1v) is 8.22. The molecular formula is C18H30N2O2. The van der Waals surface area contributed by atoms with Crippen molar-refractivity contribution in [3.8, 4) is 11.5 Å². The topological polar surface area (TPSA) is 24.9 Å². The van der Waals surface area contributed by atoms with Crippen LogP contribution in [0, 0.1) is 0 Å². The van der Waals surface area contributed by atoms with Gasteiger partial charge in [-0.15, -0.1) is 0 Å². The molecule has 0 fully saturated rings. The SMILES string of the molecule is CCC1c2c(OC)cc(CN(C)C)c(OC)c2CCN1CC. The monoisotopic (exact) mass is 306 g/mol. The van der Waals surface area contributed by atoms with E-state index in [0.717, 1.165) is 44.0 Å². The van der Waals surface area contributed by atoms with Crippen molar-refractivity contribution in [1.82, 2.24) is 9.80 Å². The summed E-state index contributed by atoms with van der Waals surface area (Å²) in [7, 11) is 7.73. The summed E-state index contributed by atoms with van der Waals surface area (Å²) in [5.74, 6) is 2.07. The Bertz CT molecular complexity index is 514. The molecule has 22 heavy (non-hydrogen) atoms. The van der Waals surface area contributed by atoms with Crippen LogP contribution in [0.25, 0.3) is 0 Å². The second-order valence-electron chi connectivity index (χ2n) is 6.20. The minimum Gasteiger partial charge on any atom is -0.496 e. The van der Waals surface area contributed by atoms with E-state index < -0.39 is 0 Å². The molecule has 0 aliphatic carbocycles. The fourth-order valence-corrected chi connectivity index (χ4v) is 3.70. The maximum absolute atomic E-state index is 5.81. The van der Waals surface area contributed by atoms with Crippen LogP contribution in [-0.4, -0.2) is 51.2 Å². The van der Waals surface area contributed by atoms with Gasteiger partial charge in [0.05, 0.1) is 14.2 Å². The lowest BCUT2D eigenvalue weighted by molar-refractivity contribution is 0.183. The van der Waals surface area contributed by atoms with Crippen LogP contribution in [0.1, 0.15) is 43.0 Å². The molecule has 1 aliphatic rings. The number of fused-ring (bicyclic) bond motifs is 1. The number of methoxy groups -OCH3 is 2. The molecule has 1 aromatic rings. The Morgan fingerprint density at radius 1 is 1.23 bits per heavy atom. The first-order chi connectivity index (χ1) is 10.6. The van der Waals surface area contributed by atoms with Gasteiger partial charge in [0.15, 0.2) is 0 Å². The number of rotatable bonds is 6. The van der Waals surface area contributed by atoms with Crippen LogP contribution in [0.5, 0.6) is 11.5 Å². The quantitative estimate of drug-likeness (QED) is 0.806. The molecule has 1 heterocycles. The molecule has 0 radical (unpaired) electrons. The molecule has 0 N–H and O–H groups in total. The maximum atomic E-state index is 5.81. The van der Waals surface area contributed by atoms with Gasteiger partial charge < -0.3 is 14.4 Å². The van der Waals surface area contributed by atoms with Crippen LogP contribution in [0.2, 0.25) is 0 Å². The summed E-state index contributed by atoms with van der Waals surface area (Å²) in [5, 5.41) is 0. The van der Waals surface area contributed by atoms with Gasteiger partial charge in [0, 0.05) is 35.8 Å². The molecule has 1 unspecified atom stereocenters. The fraction of sp³-hybridized carbons (Fsp3) is 0.667. The Labute approximate surface area is 135 Å². The van der Waals surface area contributed by atoms with Crippen molar-refractivity contribution in [3.63, 3.8) is 0 Å². The van der Waals surface area contributed by atoms with Gasteiger partial charge in [-0.1, -0.05) is 13.8 Å². The summed E-state index contributed by atoms with van der Waals surface area (Å²) < 4.78 is 11.6. The number of likely N-dealkylation sites (N-methyl/N-ethyl adjacent to an activating group) is 1. The van der Waals surface area contributed by atoms with Crippen LogP contribution in [0.3, 0.4) is 0 Å². The largest absolute Gasteiger partial charge is 0.496 e. The van der Waals surface area contributed by atoms with Crippen LogP contribution < -0.4 is 9.47 Å². The normalized spacial score (nSPS) is 18.4. The molecule has 0 saturated carbocycles. The van der Waals surface area contributed by atoms with Crippen molar-refractivity contribution < 1.29 is 9.47 Å². The van der Waals surface area contributed by atoms with E-state index in [0.29, 0.717) is 6.04 Å². The Hall–Kier alpha value is -1.26. The summed E-state index contributed by atoms with van der Waals surface area (Å²) in [4.78, 5) is 4.71. The van der Waals surface area contributed by atoms with E-state index in [9.17, 15) is 0 Å². The fourth-order valence-electron chi connectivity index (χ4n) is 3.70. The lowest BCUT2D eigenvalue weighted by atomic mass is 9.87. The average molecular weight is 306 g/mol. The predicted molar refractivity (Wildman–Crippen MR) is 90.9 cm³/mol. The molecule has 0 saturated heterocycles. The summed E-state index contributed by atoms with van der Waals surface area (Å²) >= 11 is 0. The van der Waals surface area contributed by atoms with Crippen molar-refractivity contribution in [2.45, 2.75) is 39.3 Å². The molecular weight excluding hydrogens is 276 g/mol. The zero-order valence-corrected chi connectivity index (χ0v) is 14.9.